The quantitative estimate of drug-likeness (QED) is 0.775. The smallest absolute Gasteiger partial charge is 0.289 e. The van der Waals surface area contributed by atoms with E-state index in [-0.39, 0.29) is 35.3 Å². The number of aryl methyl sites for hydroxylation is 1. The summed E-state index contributed by atoms with van der Waals surface area (Å²) < 4.78 is 31.7. The molecule has 4 heterocycles. The molecule has 0 N–H and O–H groups in total. The Morgan fingerprint density at radius 2 is 2.12 bits per heavy atom. The van der Waals surface area contributed by atoms with Crippen molar-refractivity contribution in [1.29, 1.82) is 0 Å². The first-order valence-corrected chi connectivity index (χ1v) is 10.6. The van der Waals surface area contributed by atoms with Gasteiger partial charge in [-0.3, -0.25) is 14.4 Å². The molecule has 1 amide bonds. The molecule has 0 aromatic carbocycles. The van der Waals surface area contributed by atoms with Crippen molar-refractivity contribution in [3.05, 3.63) is 42.1 Å². The number of piperazine rings is 1. The van der Waals surface area contributed by atoms with E-state index in [0.717, 1.165) is 12.1 Å². The monoisotopic (exact) mass is 378 g/mol. The van der Waals surface area contributed by atoms with Gasteiger partial charge >= 0.3 is 0 Å². The van der Waals surface area contributed by atoms with Crippen LogP contribution in [0.4, 0.5) is 0 Å². The zero-order valence-electron chi connectivity index (χ0n) is 14.6. The van der Waals surface area contributed by atoms with Crippen molar-refractivity contribution in [2.75, 3.05) is 24.6 Å². The molecule has 9 heteroatoms. The Bertz CT molecular complexity index is 890. The topological polar surface area (TPSA) is 88.7 Å². The molecule has 140 valence electrons. The largest absolute Gasteiger partial charge is 0.459 e. The van der Waals surface area contributed by atoms with Gasteiger partial charge in [0, 0.05) is 44.0 Å². The van der Waals surface area contributed by atoms with Gasteiger partial charge < -0.3 is 9.32 Å². The van der Waals surface area contributed by atoms with E-state index in [1.807, 2.05) is 24.0 Å². The summed E-state index contributed by atoms with van der Waals surface area (Å²) in [5.74, 6) is 0.113. The highest BCUT2D eigenvalue weighted by Gasteiger charge is 2.48. The maximum Gasteiger partial charge on any atom is 0.289 e. The molecule has 0 bridgehead atoms. The van der Waals surface area contributed by atoms with Crippen molar-refractivity contribution in [2.24, 2.45) is 0 Å². The zero-order valence-corrected chi connectivity index (χ0v) is 15.4. The van der Waals surface area contributed by atoms with Crippen molar-refractivity contribution in [3.63, 3.8) is 0 Å². The van der Waals surface area contributed by atoms with Crippen LogP contribution < -0.4 is 0 Å². The number of aromatic nitrogens is 2. The highest BCUT2D eigenvalue weighted by atomic mass is 32.2. The van der Waals surface area contributed by atoms with Gasteiger partial charge in [-0.15, -0.1) is 0 Å². The van der Waals surface area contributed by atoms with Gasteiger partial charge in [-0.05, 0) is 19.1 Å². The van der Waals surface area contributed by atoms with Crippen LogP contribution in [0.3, 0.4) is 0 Å². The van der Waals surface area contributed by atoms with Gasteiger partial charge in [0.05, 0.1) is 30.0 Å². The Morgan fingerprint density at radius 1 is 1.31 bits per heavy atom. The summed E-state index contributed by atoms with van der Waals surface area (Å²) in [6.45, 7) is 4.57. The predicted octanol–water partition coefficient (Wildman–Crippen LogP) is 0.620. The molecule has 2 aromatic heterocycles. The molecule has 0 radical (unpaired) electrons. The number of fused-ring (bicyclic) bond motifs is 1. The first-order valence-electron chi connectivity index (χ1n) is 8.77. The standard InChI is InChI=1S/C17H22N4O4S/c1-2-20-10-13(8-18-20)9-19-5-6-21(17(22)16-4-3-7-25-16)15-12-26(23,24)11-14(15)19/h3-4,7-8,10,14-15H,2,5-6,9,11-12H2,1H3/t14-,15+/m0/s1. The lowest BCUT2D eigenvalue weighted by Gasteiger charge is -2.43. The van der Waals surface area contributed by atoms with Crippen LogP contribution in [-0.2, 0) is 22.9 Å². The SMILES string of the molecule is CCn1cc(CN2CCN(C(=O)c3ccco3)[C@@H]3CS(=O)(=O)C[C@@H]32)cn1. The Balaban J connectivity index is 1.56. The van der Waals surface area contributed by atoms with Gasteiger partial charge in [-0.25, -0.2) is 8.42 Å². The second-order valence-corrected chi connectivity index (χ2v) is 9.02. The molecule has 0 saturated carbocycles. The highest BCUT2D eigenvalue weighted by molar-refractivity contribution is 7.91. The number of nitrogens with zero attached hydrogens (tertiary/aromatic N) is 4. The summed E-state index contributed by atoms with van der Waals surface area (Å²) >= 11 is 0. The number of rotatable bonds is 4. The lowest BCUT2D eigenvalue weighted by Crippen LogP contribution is -2.60. The van der Waals surface area contributed by atoms with Crippen molar-refractivity contribution in [3.8, 4) is 0 Å². The van der Waals surface area contributed by atoms with Gasteiger partial charge in [0.15, 0.2) is 15.6 Å². The third-order valence-electron chi connectivity index (χ3n) is 5.18. The number of hydrogen-bond donors (Lipinski definition) is 0. The lowest BCUT2D eigenvalue weighted by atomic mass is 10.0. The molecular weight excluding hydrogens is 356 g/mol. The molecule has 8 nitrogen and oxygen atoms in total. The Hall–Kier alpha value is -2.13. The van der Waals surface area contributed by atoms with E-state index in [4.69, 9.17) is 4.42 Å². The van der Waals surface area contributed by atoms with Crippen LogP contribution in [0.5, 0.6) is 0 Å². The van der Waals surface area contributed by atoms with E-state index in [1.54, 1.807) is 17.0 Å². The van der Waals surface area contributed by atoms with E-state index in [0.29, 0.717) is 19.6 Å². The van der Waals surface area contributed by atoms with Crippen LogP contribution in [0, 0.1) is 0 Å². The third-order valence-corrected chi connectivity index (χ3v) is 6.88. The summed E-state index contributed by atoms with van der Waals surface area (Å²) in [7, 11) is -3.18. The molecule has 4 rings (SSSR count). The molecular formula is C17H22N4O4S. The Kier molecular flexibility index (Phi) is 4.36. The first-order chi connectivity index (χ1) is 12.5. The summed E-state index contributed by atoms with van der Waals surface area (Å²) in [6, 6.07) is 2.74. The van der Waals surface area contributed by atoms with Gasteiger partial charge in [0.25, 0.3) is 5.91 Å². The summed E-state index contributed by atoms with van der Waals surface area (Å²) in [5.41, 5.74) is 1.06. The molecule has 2 fully saturated rings. The number of furan rings is 1. The minimum absolute atomic E-state index is 0.00877. The third kappa shape index (κ3) is 3.16. The maximum absolute atomic E-state index is 12.7. The number of carbonyl (C=O) groups excluding carboxylic acids is 1. The average Bonchev–Trinajstić information content (AvgIpc) is 3.33. The second-order valence-electron chi connectivity index (χ2n) is 6.86. The van der Waals surface area contributed by atoms with E-state index < -0.39 is 9.84 Å². The van der Waals surface area contributed by atoms with Crippen LogP contribution in [0.1, 0.15) is 23.0 Å². The summed E-state index contributed by atoms with van der Waals surface area (Å²) in [6.07, 6.45) is 5.26. The molecule has 2 aliphatic heterocycles. The first kappa shape index (κ1) is 17.3. The predicted molar refractivity (Wildman–Crippen MR) is 94.3 cm³/mol. The number of carbonyl (C=O) groups is 1. The molecule has 2 aliphatic rings. The van der Waals surface area contributed by atoms with Gasteiger partial charge in [0.2, 0.25) is 0 Å². The molecule has 2 atom stereocenters. The maximum atomic E-state index is 12.7. The van der Waals surface area contributed by atoms with E-state index >= 15 is 0 Å². The molecule has 26 heavy (non-hydrogen) atoms. The second kappa shape index (κ2) is 6.55. The Morgan fingerprint density at radius 3 is 2.81 bits per heavy atom. The van der Waals surface area contributed by atoms with Crippen LogP contribution in [-0.4, -0.2) is 70.6 Å². The molecule has 2 aromatic rings. The van der Waals surface area contributed by atoms with Gasteiger partial charge in [-0.1, -0.05) is 0 Å². The summed E-state index contributed by atoms with van der Waals surface area (Å²) in [5, 5.41) is 4.29. The average molecular weight is 378 g/mol. The highest BCUT2D eigenvalue weighted by Crippen LogP contribution is 2.29. The molecule has 2 saturated heterocycles. The molecule has 0 unspecified atom stereocenters. The number of sulfone groups is 1. The van der Waals surface area contributed by atoms with Gasteiger partial charge in [-0.2, -0.15) is 5.10 Å². The number of hydrogen-bond acceptors (Lipinski definition) is 6. The zero-order chi connectivity index (χ0) is 18.3. The normalized spacial score (nSPS) is 25.3. The molecule has 0 aliphatic carbocycles. The van der Waals surface area contributed by atoms with Crippen LogP contribution in [0.2, 0.25) is 0 Å². The van der Waals surface area contributed by atoms with Crippen LogP contribution >= 0.6 is 0 Å². The number of amides is 1. The van der Waals surface area contributed by atoms with Crippen molar-refractivity contribution in [2.45, 2.75) is 32.1 Å². The lowest BCUT2D eigenvalue weighted by molar-refractivity contribution is 0.0282. The summed E-state index contributed by atoms with van der Waals surface area (Å²) in [4.78, 5) is 16.6. The van der Waals surface area contributed by atoms with Gasteiger partial charge in [0.1, 0.15) is 0 Å². The minimum Gasteiger partial charge on any atom is -0.459 e. The Labute approximate surface area is 152 Å². The fourth-order valence-electron chi connectivity index (χ4n) is 3.91. The fourth-order valence-corrected chi connectivity index (χ4v) is 5.92. The van der Waals surface area contributed by atoms with Crippen molar-refractivity contribution < 1.29 is 17.6 Å². The van der Waals surface area contributed by atoms with Crippen molar-refractivity contribution in [1.82, 2.24) is 19.6 Å². The van der Waals surface area contributed by atoms with E-state index in [1.165, 1.54) is 6.26 Å². The van der Waals surface area contributed by atoms with Crippen LogP contribution in [0.15, 0.2) is 35.2 Å². The molecule has 0 spiro atoms. The van der Waals surface area contributed by atoms with E-state index in [9.17, 15) is 13.2 Å². The van der Waals surface area contributed by atoms with Crippen molar-refractivity contribution >= 4 is 15.7 Å². The van der Waals surface area contributed by atoms with Crippen LogP contribution in [0.25, 0.3) is 0 Å². The fraction of sp³-hybridized carbons (Fsp3) is 0.529. The minimum atomic E-state index is -3.18. The van der Waals surface area contributed by atoms with E-state index in [2.05, 4.69) is 10.00 Å².